The predicted octanol–water partition coefficient (Wildman–Crippen LogP) is 1.11. The molecule has 5 N–H and O–H groups in total. The van der Waals surface area contributed by atoms with Crippen LogP contribution in [0.1, 0.15) is 38.2 Å². The number of fused-ring (bicyclic) bond motifs is 1. The van der Waals surface area contributed by atoms with Gasteiger partial charge in [-0.3, -0.25) is 15.1 Å². The highest BCUT2D eigenvalue weighted by molar-refractivity contribution is 5.95. The van der Waals surface area contributed by atoms with E-state index < -0.39 is 11.6 Å². The van der Waals surface area contributed by atoms with Gasteiger partial charge in [0.25, 0.3) is 0 Å². The lowest BCUT2D eigenvalue weighted by atomic mass is 9.86. The number of pyridine rings is 1. The minimum atomic E-state index is -1.20. The molecule has 0 radical (unpaired) electrons. The Hall–Kier alpha value is -2.69. The smallest absolute Gasteiger partial charge is 0.306 e. The molecule has 3 heterocycles. The highest BCUT2D eigenvalue weighted by atomic mass is 16.7. The van der Waals surface area contributed by atoms with Crippen molar-refractivity contribution in [3.05, 3.63) is 24.0 Å². The van der Waals surface area contributed by atoms with Crippen molar-refractivity contribution in [1.82, 2.24) is 20.2 Å². The lowest BCUT2D eigenvalue weighted by Crippen LogP contribution is -2.37. The molecule has 0 saturated heterocycles. The van der Waals surface area contributed by atoms with Gasteiger partial charge in [-0.25, -0.2) is 9.67 Å². The SMILES string of the molecule is CCn1ncc2c(NC3CCC(C(=O)O)CC3)c(C3=CC(CO)(CO)ON3)cnc21. The Morgan fingerprint density at radius 1 is 1.30 bits per heavy atom. The fourth-order valence-corrected chi connectivity index (χ4v) is 4.12. The highest BCUT2D eigenvalue weighted by Crippen LogP contribution is 2.36. The van der Waals surface area contributed by atoms with Crippen molar-refractivity contribution in [2.24, 2.45) is 5.92 Å². The van der Waals surface area contributed by atoms with E-state index in [2.05, 4.69) is 20.9 Å². The molecule has 2 aromatic heterocycles. The van der Waals surface area contributed by atoms with Crippen LogP contribution >= 0.6 is 0 Å². The number of aliphatic hydroxyl groups excluding tert-OH is 2. The van der Waals surface area contributed by atoms with Gasteiger partial charge in [-0.1, -0.05) is 0 Å². The molecule has 4 rings (SSSR count). The number of nitrogens with zero attached hydrogens (tertiary/aromatic N) is 3. The van der Waals surface area contributed by atoms with Gasteiger partial charge in [0.05, 0.1) is 42.1 Å². The third-order valence-electron chi connectivity index (χ3n) is 5.99. The fourth-order valence-electron chi connectivity index (χ4n) is 4.12. The minimum absolute atomic E-state index is 0.123. The fraction of sp³-hybridized carbons (Fsp3) is 0.550. The second-order valence-electron chi connectivity index (χ2n) is 7.92. The molecule has 0 spiro atoms. The van der Waals surface area contributed by atoms with E-state index in [-0.39, 0.29) is 25.2 Å². The van der Waals surface area contributed by atoms with Crippen molar-refractivity contribution in [3.8, 4) is 0 Å². The summed E-state index contributed by atoms with van der Waals surface area (Å²) < 4.78 is 1.81. The number of hydroxylamine groups is 1. The highest BCUT2D eigenvalue weighted by Gasteiger charge is 2.36. The van der Waals surface area contributed by atoms with Crippen LogP contribution in [0.15, 0.2) is 18.5 Å². The molecule has 1 saturated carbocycles. The Balaban J connectivity index is 1.70. The standard InChI is InChI=1S/C20H27N5O5/c1-2-25-18-15(9-22-25)17(23-13-5-3-12(4-6-13)19(28)29)14(8-21-18)16-7-20(10-26,11-27)30-24-16/h7-9,12-13,24,26-27H,2-6,10-11H2,1H3,(H,21,23)(H,28,29). The predicted molar refractivity (Wildman–Crippen MR) is 109 cm³/mol. The van der Waals surface area contributed by atoms with Crippen molar-refractivity contribution in [2.45, 2.75) is 50.8 Å². The molecule has 10 heteroatoms. The molecule has 10 nitrogen and oxygen atoms in total. The normalized spacial score (nSPS) is 23.2. The van der Waals surface area contributed by atoms with Gasteiger partial charge in [-0.2, -0.15) is 5.10 Å². The van der Waals surface area contributed by atoms with Gasteiger partial charge in [0, 0.05) is 24.3 Å². The van der Waals surface area contributed by atoms with E-state index >= 15 is 0 Å². The Kier molecular flexibility index (Phi) is 5.63. The molecule has 30 heavy (non-hydrogen) atoms. The Labute approximate surface area is 173 Å². The van der Waals surface area contributed by atoms with E-state index in [1.54, 1.807) is 18.5 Å². The van der Waals surface area contributed by atoms with Crippen LogP contribution in [0.2, 0.25) is 0 Å². The summed E-state index contributed by atoms with van der Waals surface area (Å²) >= 11 is 0. The molecule has 2 aromatic rings. The molecule has 0 bridgehead atoms. The molecule has 0 aromatic carbocycles. The monoisotopic (exact) mass is 417 g/mol. The number of nitrogens with one attached hydrogen (secondary N) is 2. The lowest BCUT2D eigenvalue weighted by molar-refractivity contribution is -0.142. The van der Waals surface area contributed by atoms with Crippen LogP contribution in [0.25, 0.3) is 16.7 Å². The van der Waals surface area contributed by atoms with E-state index in [4.69, 9.17) is 4.84 Å². The van der Waals surface area contributed by atoms with Crippen molar-refractivity contribution in [2.75, 3.05) is 18.5 Å². The van der Waals surface area contributed by atoms with Gasteiger partial charge >= 0.3 is 5.97 Å². The van der Waals surface area contributed by atoms with Crippen molar-refractivity contribution >= 4 is 28.4 Å². The summed E-state index contributed by atoms with van der Waals surface area (Å²) in [7, 11) is 0. The number of hydrogen-bond donors (Lipinski definition) is 5. The third kappa shape index (κ3) is 3.62. The molecule has 0 unspecified atom stereocenters. The average Bonchev–Trinajstić information content (AvgIpc) is 3.39. The maximum Gasteiger partial charge on any atom is 0.306 e. The number of anilines is 1. The van der Waals surface area contributed by atoms with Crippen molar-refractivity contribution in [3.63, 3.8) is 0 Å². The van der Waals surface area contributed by atoms with Crippen LogP contribution < -0.4 is 10.8 Å². The summed E-state index contributed by atoms with van der Waals surface area (Å²) in [4.78, 5) is 21.3. The minimum Gasteiger partial charge on any atom is -0.481 e. The Bertz CT molecular complexity index is 960. The molecule has 2 aliphatic rings. The molecular weight excluding hydrogens is 390 g/mol. The molecule has 162 valence electrons. The number of hydrogen-bond acceptors (Lipinski definition) is 8. The molecule has 1 aliphatic heterocycles. The zero-order valence-electron chi connectivity index (χ0n) is 16.8. The number of carbonyl (C=O) groups is 1. The lowest BCUT2D eigenvalue weighted by Gasteiger charge is -2.28. The largest absolute Gasteiger partial charge is 0.481 e. The van der Waals surface area contributed by atoms with Gasteiger partial charge in [0.15, 0.2) is 11.2 Å². The number of carboxylic acid groups (broad SMARTS) is 1. The summed E-state index contributed by atoms with van der Waals surface area (Å²) in [5.41, 5.74) is 4.52. The second kappa shape index (κ2) is 8.21. The molecule has 0 amide bonds. The molecule has 1 aliphatic carbocycles. The van der Waals surface area contributed by atoms with Crippen LogP contribution in [0.5, 0.6) is 0 Å². The first-order valence-electron chi connectivity index (χ1n) is 10.2. The van der Waals surface area contributed by atoms with E-state index in [0.717, 1.165) is 35.1 Å². The third-order valence-corrected chi connectivity index (χ3v) is 5.99. The first-order chi connectivity index (χ1) is 14.5. The first-order valence-corrected chi connectivity index (χ1v) is 10.2. The average molecular weight is 417 g/mol. The van der Waals surface area contributed by atoms with Crippen LogP contribution in [0, 0.1) is 5.92 Å². The van der Waals surface area contributed by atoms with Crippen molar-refractivity contribution in [1.29, 1.82) is 0 Å². The topological polar surface area (TPSA) is 142 Å². The second-order valence-corrected chi connectivity index (χ2v) is 7.92. The van der Waals surface area contributed by atoms with Gasteiger partial charge in [-0.15, -0.1) is 0 Å². The van der Waals surface area contributed by atoms with Gasteiger partial charge in [0.2, 0.25) is 0 Å². The molecule has 0 atom stereocenters. The Morgan fingerprint density at radius 2 is 2.03 bits per heavy atom. The number of carboxylic acids is 1. The number of aryl methyl sites for hydroxylation is 1. The summed E-state index contributed by atoms with van der Waals surface area (Å²) in [6.45, 7) is 1.94. The van der Waals surface area contributed by atoms with Gasteiger partial charge in [-0.05, 0) is 38.7 Å². The van der Waals surface area contributed by atoms with Crippen LogP contribution in [-0.4, -0.2) is 60.9 Å². The first kappa shape index (κ1) is 20.6. The molecule has 1 fully saturated rings. The zero-order valence-corrected chi connectivity index (χ0v) is 16.8. The van der Waals surface area contributed by atoms with Gasteiger partial charge < -0.3 is 20.6 Å². The number of aliphatic hydroxyl groups is 2. The Morgan fingerprint density at radius 3 is 2.63 bits per heavy atom. The number of aliphatic carboxylic acids is 1. The number of aromatic nitrogens is 3. The maximum atomic E-state index is 11.3. The van der Waals surface area contributed by atoms with Gasteiger partial charge in [0.1, 0.15) is 0 Å². The van der Waals surface area contributed by atoms with Crippen LogP contribution in [0.3, 0.4) is 0 Å². The summed E-state index contributed by atoms with van der Waals surface area (Å²) in [6, 6.07) is 0.123. The van der Waals surface area contributed by atoms with Crippen molar-refractivity contribution < 1.29 is 25.0 Å². The van der Waals surface area contributed by atoms with E-state index in [9.17, 15) is 20.1 Å². The van der Waals surface area contributed by atoms with E-state index in [0.29, 0.717) is 25.1 Å². The molecular formula is C20H27N5O5. The number of rotatable bonds is 7. The van der Waals surface area contributed by atoms with E-state index in [1.165, 1.54) is 0 Å². The zero-order chi connectivity index (χ0) is 21.3. The summed E-state index contributed by atoms with van der Waals surface area (Å²) in [6.07, 6.45) is 7.91. The van der Waals surface area contributed by atoms with Crippen LogP contribution in [0.4, 0.5) is 5.69 Å². The summed E-state index contributed by atoms with van der Waals surface area (Å²) in [5, 5.41) is 37.4. The maximum absolute atomic E-state index is 11.3. The summed E-state index contributed by atoms with van der Waals surface area (Å²) in [5.74, 6) is -1.02. The van der Waals surface area contributed by atoms with Crippen LogP contribution in [-0.2, 0) is 16.2 Å². The quantitative estimate of drug-likeness (QED) is 0.448. The van der Waals surface area contributed by atoms with E-state index in [1.807, 2.05) is 11.6 Å².